The Balaban J connectivity index is 2.68. The summed E-state index contributed by atoms with van der Waals surface area (Å²) in [5, 5.41) is 31.5. The summed E-state index contributed by atoms with van der Waals surface area (Å²) < 4.78 is 28.4. The van der Waals surface area contributed by atoms with Crippen LogP contribution in [0.2, 0.25) is 0 Å². The predicted octanol–water partition coefficient (Wildman–Crippen LogP) is 15.7. The van der Waals surface area contributed by atoms with Gasteiger partial charge in [0, 0.05) is 19.3 Å². The Morgan fingerprint density at radius 1 is 0.442 bits per heavy atom. The number of aliphatic hydroxyl groups is 2. The van der Waals surface area contributed by atoms with Gasteiger partial charge in [0.2, 0.25) is 0 Å². The van der Waals surface area contributed by atoms with Crippen molar-refractivity contribution < 1.29 is 58.2 Å². The van der Waals surface area contributed by atoms with Gasteiger partial charge in [-0.2, -0.15) is 0 Å². The van der Waals surface area contributed by atoms with Crippen molar-refractivity contribution in [2.24, 2.45) is 0 Å². The van der Waals surface area contributed by atoms with Gasteiger partial charge in [-0.3, -0.25) is 14.4 Å². The molecule has 0 saturated carbocycles. The van der Waals surface area contributed by atoms with Crippen molar-refractivity contribution in [3.05, 3.63) is 97.2 Å². The summed E-state index contributed by atoms with van der Waals surface area (Å²) in [4.78, 5) is 51.1. The van der Waals surface area contributed by atoms with Crippen LogP contribution in [0.25, 0.3) is 0 Å². The number of carboxylic acids is 1. The maximum atomic E-state index is 13.1. The lowest BCUT2D eigenvalue weighted by Gasteiger charge is -2.40. The van der Waals surface area contributed by atoms with E-state index < -0.39 is 67.3 Å². The van der Waals surface area contributed by atoms with E-state index in [1.807, 2.05) is 0 Å². The van der Waals surface area contributed by atoms with Crippen LogP contribution >= 0.6 is 0 Å². The molecule has 1 saturated heterocycles. The zero-order valence-electron chi connectivity index (χ0n) is 48.2. The Morgan fingerprint density at radius 3 is 1.30 bits per heavy atom. The molecule has 1 rings (SSSR count). The van der Waals surface area contributed by atoms with Crippen molar-refractivity contribution in [3.8, 4) is 0 Å². The maximum Gasteiger partial charge on any atom is 0.335 e. The second-order valence-electron chi connectivity index (χ2n) is 20.2. The first kappa shape index (κ1) is 70.7. The molecule has 6 unspecified atom stereocenters. The molecule has 12 nitrogen and oxygen atoms in total. The number of esters is 3. The molecule has 0 spiro atoms. The van der Waals surface area contributed by atoms with Crippen LogP contribution in [0.1, 0.15) is 239 Å². The highest BCUT2D eigenvalue weighted by atomic mass is 16.7. The first-order valence-corrected chi connectivity index (χ1v) is 30.2. The molecule has 0 bridgehead atoms. The van der Waals surface area contributed by atoms with Gasteiger partial charge in [0.1, 0.15) is 18.8 Å². The minimum absolute atomic E-state index is 0.0386. The van der Waals surface area contributed by atoms with E-state index in [9.17, 15) is 34.5 Å². The number of allylic oxidation sites excluding steroid dienone is 16. The molecule has 77 heavy (non-hydrogen) atoms. The molecule has 1 fully saturated rings. The van der Waals surface area contributed by atoms with Crippen molar-refractivity contribution in [1.82, 2.24) is 0 Å². The van der Waals surface area contributed by atoms with E-state index in [1.54, 1.807) is 0 Å². The maximum absolute atomic E-state index is 13.1. The highest BCUT2D eigenvalue weighted by Crippen LogP contribution is 2.26. The van der Waals surface area contributed by atoms with Gasteiger partial charge in [0.25, 0.3) is 0 Å². The number of carbonyl (C=O) groups excluding carboxylic acids is 3. The van der Waals surface area contributed by atoms with Crippen LogP contribution in [0.4, 0.5) is 0 Å². The number of unbranched alkanes of at least 4 members (excludes halogenated alkanes) is 20. The second-order valence-corrected chi connectivity index (χ2v) is 20.2. The molecular formula is C65H106O12. The Morgan fingerprint density at radius 2 is 0.831 bits per heavy atom. The van der Waals surface area contributed by atoms with Gasteiger partial charge in [-0.15, -0.1) is 0 Å². The average molecular weight is 1080 g/mol. The van der Waals surface area contributed by atoms with Gasteiger partial charge in [-0.1, -0.05) is 201 Å². The molecule has 0 aromatic rings. The SMILES string of the molecule is CC/C=C\C/C=C\C/C=C\C/C=C\CCCCCCC(=O)OCC(COC1OC(C(=O)O)C(O)C(O)C1OC(=O)CCCCCCCC/C=C\C/C=C\C/C=C\CCCCC)OC(=O)CCCCCCC/C=C\CCCC. The highest BCUT2D eigenvalue weighted by molar-refractivity contribution is 5.74. The smallest absolute Gasteiger partial charge is 0.335 e. The van der Waals surface area contributed by atoms with E-state index in [1.165, 1.54) is 32.1 Å². The number of carbonyl (C=O) groups is 4. The van der Waals surface area contributed by atoms with Crippen molar-refractivity contribution in [2.45, 2.75) is 276 Å². The lowest BCUT2D eigenvalue weighted by molar-refractivity contribution is -0.301. The molecule has 12 heteroatoms. The van der Waals surface area contributed by atoms with Crippen LogP contribution in [-0.4, -0.2) is 89.2 Å². The third-order valence-electron chi connectivity index (χ3n) is 13.1. The molecular weight excluding hydrogens is 973 g/mol. The Labute approximate surface area is 466 Å². The Hall–Kier alpha value is -4.36. The quantitative estimate of drug-likeness (QED) is 0.0228. The zero-order valence-corrected chi connectivity index (χ0v) is 48.2. The number of hydrogen-bond donors (Lipinski definition) is 3. The van der Waals surface area contributed by atoms with Gasteiger partial charge in [0.05, 0.1) is 6.61 Å². The minimum atomic E-state index is -1.92. The van der Waals surface area contributed by atoms with Gasteiger partial charge in [-0.25, -0.2) is 4.79 Å². The number of rotatable bonds is 50. The Bertz CT molecular complexity index is 1710. The number of ether oxygens (including phenoxy) is 5. The lowest BCUT2D eigenvalue weighted by Crippen LogP contribution is -2.61. The summed E-state index contributed by atoms with van der Waals surface area (Å²) in [6, 6.07) is 0. The van der Waals surface area contributed by atoms with E-state index in [4.69, 9.17) is 23.7 Å². The van der Waals surface area contributed by atoms with Gasteiger partial charge < -0.3 is 39.0 Å². The van der Waals surface area contributed by atoms with E-state index >= 15 is 0 Å². The summed E-state index contributed by atoms with van der Waals surface area (Å²) >= 11 is 0. The summed E-state index contributed by atoms with van der Waals surface area (Å²) in [5.74, 6) is -3.19. The van der Waals surface area contributed by atoms with Crippen molar-refractivity contribution in [3.63, 3.8) is 0 Å². The minimum Gasteiger partial charge on any atom is -0.479 e. The predicted molar refractivity (Wildman–Crippen MR) is 312 cm³/mol. The summed E-state index contributed by atoms with van der Waals surface area (Å²) in [6.45, 7) is 5.77. The molecule has 6 atom stereocenters. The molecule has 0 aromatic heterocycles. The fraction of sp³-hybridized carbons (Fsp3) is 0.692. The van der Waals surface area contributed by atoms with Crippen LogP contribution in [-0.2, 0) is 42.9 Å². The third kappa shape index (κ3) is 42.3. The summed E-state index contributed by atoms with van der Waals surface area (Å²) in [7, 11) is 0. The first-order chi connectivity index (χ1) is 37.6. The molecule has 3 N–H and O–H groups in total. The van der Waals surface area contributed by atoms with Gasteiger partial charge >= 0.3 is 23.9 Å². The molecule has 0 aliphatic carbocycles. The van der Waals surface area contributed by atoms with Crippen molar-refractivity contribution >= 4 is 23.9 Å². The standard InChI is InChI=1S/C65H106O12/c1-4-7-10-13-16-19-22-24-26-28-29-31-33-35-38-41-44-47-50-53-59(68)76-63-61(70)60(69)62(64(71)72)77-65(63)74-55-56(75-58(67)52-49-46-43-40-36-21-18-15-12-9-6-3)54-73-57(66)51-48-45-42-39-37-34-32-30-27-25-23-20-17-14-11-8-5-2/h8,11,15-20,24-27,29,31-32,34,56,60-63,65,69-70H,4-7,9-10,12-14,21-23,28,30,33,35-55H2,1-3H3,(H,71,72)/b11-8-,18-15-,19-16-,20-17-,26-24-,27-25-,31-29-,34-32-. The van der Waals surface area contributed by atoms with Crippen LogP contribution in [0, 0.1) is 0 Å². The molecule has 0 amide bonds. The zero-order chi connectivity index (χ0) is 56.1. The largest absolute Gasteiger partial charge is 0.479 e. The molecule has 0 aromatic carbocycles. The Kier molecular flexibility index (Phi) is 48.0. The van der Waals surface area contributed by atoms with Crippen molar-refractivity contribution in [2.75, 3.05) is 13.2 Å². The topological polar surface area (TPSA) is 175 Å². The highest BCUT2D eigenvalue weighted by Gasteiger charge is 2.50. The fourth-order valence-electron chi connectivity index (χ4n) is 8.46. The number of hydrogen-bond acceptors (Lipinski definition) is 11. The molecule has 1 aliphatic rings. The van der Waals surface area contributed by atoms with Crippen LogP contribution in [0.15, 0.2) is 97.2 Å². The normalized spacial score (nSPS) is 18.7. The van der Waals surface area contributed by atoms with Gasteiger partial charge in [0.15, 0.2) is 24.6 Å². The van der Waals surface area contributed by atoms with E-state index in [0.29, 0.717) is 19.3 Å². The van der Waals surface area contributed by atoms with Crippen LogP contribution < -0.4 is 0 Å². The number of aliphatic hydroxyl groups excluding tert-OH is 2. The number of carboxylic acid groups (broad SMARTS) is 1. The summed E-state index contributed by atoms with van der Waals surface area (Å²) in [6.07, 6.45) is 56.6. The second kappa shape index (κ2) is 52.3. The lowest BCUT2D eigenvalue weighted by atomic mass is 9.98. The van der Waals surface area contributed by atoms with E-state index in [2.05, 4.69) is 118 Å². The molecule has 0 radical (unpaired) electrons. The van der Waals surface area contributed by atoms with Crippen LogP contribution in [0.5, 0.6) is 0 Å². The number of aliphatic carboxylic acids is 1. The van der Waals surface area contributed by atoms with Crippen LogP contribution in [0.3, 0.4) is 0 Å². The van der Waals surface area contributed by atoms with E-state index in [0.717, 1.165) is 148 Å². The first-order valence-electron chi connectivity index (χ1n) is 30.2. The molecule has 1 heterocycles. The molecule has 438 valence electrons. The monoisotopic (exact) mass is 1080 g/mol. The van der Waals surface area contributed by atoms with Gasteiger partial charge in [-0.05, 0) is 116 Å². The van der Waals surface area contributed by atoms with E-state index in [-0.39, 0.29) is 25.9 Å². The third-order valence-corrected chi connectivity index (χ3v) is 13.1. The molecule has 1 aliphatic heterocycles. The average Bonchev–Trinajstić information content (AvgIpc) is 3.41. The fourth-order valence-corrected chi connectivity index (χ4v) is 8.46. The van der Waals surface area contributed by atoms with Crippen molar-refractivity contribution in [1.29, 1.82) is 0 Å². The summed E-state index contributed by atoms with van der Waals surface area (Å²) in [5.41, 5.74) is 0.